The van der Waals surface area contributed by atoms with Crippen molar-refractivity contribution in [2.75, 3.05) is 13.1 Å². The van der Waals surface area contributed by atoms with Crippen LogP contribution in [0.2, 0.25) is 0 Å². The van der Waals surface area contributed by atoms with Crippen molar-refractivity contribution in [2.45, 2.75) is 58.0 Å². The molecule has 2 heterocycles. The van der Waals surface area contributed by atoms with Gasteiger partial charge in [-0.25, -0.2) is 13.2 Å². The molecule has 1 aliphatic heterocycles. The second-order valence-electron chi connectivity index (χ2n) is 9.15. The van der Waals surface area contributed by atoms with Crippen LogP contribution in [0, 0.1) is 11.8 Å². The topological polar surface area (TPSA) is 102 Å². The van der Waals surface area contributed by atoms with E-state index < -0.39 is 21.3 Å². The number of carbonyl (C=O) groups is 1. The summed E-state index contributed by atoms with van der Waals surface area (Å²) in [6.07, 6.45) is 0.999. The normalized spacial score (nSPS) is 21.4. The first-order chi connectivity index (χ1) is 13.4. The molecule has 8 nitrogen and oxygen atoms in total. The van der Waals surface area contributed by atoms with Crippen molar-refractivity contribution in [3.8, 4) is 0 Å². The minimum absolute atomic E-state index is 0.0892. The summed E-state index contributed by atoms with van der Waals surface area (Å²) in [7, 11) is -3.69. The highest BCUT2D eigenvalue weighted by Gasteiger charge is 2.32. The summed E-state index contributed by atoms with van der Waals surface area (Å²) in [5.74, 6) is -0.440. The van der Waals surface area contributed by atoms with E-state index in [0.29, 0.717) is 18.6 Å². The molecule has 1 aliphatic rings. The summed E-state index contributed by atoms with van der Waals surface area (Å²) in [6, 6.07) is 4.36. The number of aromatic nitrogens is 1. The van der Waals surface area contributed by atoms with Crippen LogP contribution < -0.4 is 11.1 Å². The summed E-state index contributed by atoms with van der Waals surface area (Å²) in [5.41, 5.74) is 0.112. The van der Waals surface area contributed by atoms with Gasteiger partial charge in [0.25, 0.3) is 0 Å². The van der Waals surface area contributed by atoms with Gasteiger partial charge in [-0.15, -0.1) is 0 Å². The van der Waals surface area contributed by atoms with Crippen LogP contribution in [0.5, 0.6) is 0 Å². The van der Waals surface area contributed by atoms with Gasteiger partial charge < -0.3 is 9.73 Å². The predicted octanol–water partition coefficient (Wildman–Crippen LogP) is 2.18. The van der Waals surface area contributed by atoms with Gasteiger partial charge in [-0.2, -0.15) is 4.31 Å². The Balaban J connectivity index is 1.92. The molecule has 160 valence electrons. The van der Waals surface area contributed by atoms with E-state index in [1.807, 2.05) is 34.6 Å². The van der Waals surface area contributed by atoms with Crippen LogP contribution in [0.25, 0.3) is 11.1 Å². The number of hydrogen-bond donors (Lipinski definition) is 1. The maximum absolute atomic E-state index is 13.1. The molecular weight excluding hydrogens is 394 g/mol. The summed E-state index contributed by atoms with van der Waals surface area (Å²) >= 11 is 0. The molecule has 3 rings (SSSR count). The number of oxazole rings is 1. The largest absolute Gasteiger partial charge is 0.420 e. The van der Waals surface area contributed by atoms with Crippen molar-refractivity contribution in [3.63, 3.8) is 0 Å². The molecule has 0 aliphatic carbocycles. The molecule has 1 amide bonds. The molecule has 1 aromatic heterocycles. The second-order valence-corrected chi connectivity index (χ2v) is 11.1. The zero-order chi connectivity index (χ0) is 21.6. The Morgan fingerprint density at radius 3 is 2.41 bits per heavy atom. The summed E-state index contributed by atoms with van der Waals surface area (Å²) < 4.78 is 34.1. The van der Waals surface area contributed by atoms with Gasteiger partial charge >= 0.3 is 5.76 Å². The fraction of sp³-hybridized carbons (Fsp3) is 0.600. The Kier molecular flexibility index (Phi) is 5.66. The van der Waals surface area contributed by atoms with E-state index in [-0.39, 0.29) is 34.8 Å². The minimum Gasteiger partial charge on any atom is -0.408 e. The number of rotatable bonds is 4. The second kappa shape index (κ2) is 7.60. The van der Waals surface area contributed by atoms with Crippen LogP contribution in [0.15, 0.2) is 32.3 Å². The molecule has 0 radical (unpaired) electrons. The van der Waals surface area contributed by atoms with Crippen molar-refractivity contribution in [1.29, 1.82) is 0 Å². The van der Waals surface area contributed by atoms with E-state index in [4.69, 9.17) is 4.42 Å². The molecule has 9 heteroatoms. The van der Waals surface area contributed by atoms with Crippen molar-refractivity contribution < 1.29 is 17.6 Å². The average molecular weight is 424 g/mol. The minimum atomic E-state index is -3.69. The van der Waals surface area contributed by atoms with Crippen LogP contribution in [-0.4, -0.2) is 41.8 Å². The van der Waals surface area contributed by atoms with Crippen LogP contribution in [0.4, 0.5) is 0 Å². The van der Waals surface area contributed by atoms with E-state index in [0.717, 1.165) is 6.42 Å². The van der Waals surface area contributed by atoms with Crippen molar-refractivity contribution >= 4 is 27.0 Å². The maximum atomic E-state index is 13.1. The van der Waals surface area contributed by atoms with Crippen LogP contribution >= 0.6 is 0 Å². The van der Waals surface area contributed by atoms with Gasteiger partial charge in [0.2, 0.25) is 15.9 Å². The zero-order valence-electron chi connectivity index (χ0n) is 17.6. The van der Waals surface area contributed by atoms with Gasteiger partial charge in [-0.3, -0.25) is 9.36 Å². The molecule has 0 spiro atoms. The molecule has 0 unspecified atom stereocenters. The van der Waals surface area contributed by atoms with Crippen molar-refractivity contribution in [3.05, 3.63) is 28.7 Å². The average Bonchev–Trinajstić information content (AvgIpc) is 2.87. The third-order valence-electron chi connectivity index (χ3n) is 4.93. The molecule has 2 aromatic rings. The molecule has 29 heavy (non-hydrogen) atoms. The smallest absolute Gasteiger partial charge is 0.408 e. The van der Waals surface area contributed by atoms with Gasteiger partial charge in [0, 0.05) is 24.7 Å². The lowest BCUT2D eigenvalue weighted by Gasteiger charge is -2.34. The number of fused-ring (bicyclic) bond motifs is 1. The number of nitrogens with one attached hydrogen (secondary N) is 1. The molecule has 0 saturated carbocycles. The monoisotopic (exact) mass is 423 g/mol. The number of sulfonamides is 1. The fourth-order valence-corrected chi connectivity index (χ4v) is 5.60. The molecule has 1 fully saturated rings. The fourth-order valence-electron chi connectivity index (χ4n) is 3.91. The number of piperidine rings is 1. The number of benzene rings is 1. The van der Waals surface area contributed by atoms with Gasteiger partial charge in [0.1, 0.15) is 6.54 Å². The summed E-state index contributed by atoms with van der Waals surface area (Å²) in [6.45, 7) is 10.4. The molecule has 1 saturated heterocycles. The quantitative estimate of drug-likeness (QED) is 0.812. The first-order valence-corrected chi connectivity index (χ1v) is 11.3. The Hall–Kier alpha value is -2.13. The molecule has 0 bridgehead atoms. The van der Waals surface area contributed by atoms with Gasteiger partial charge in [0.05, 0.1) is 10.4 Å². The third-order valence-corrected chi connectivity index (χ3v) is 6.76. The van der Waals surface area contributed by atoms with E-state index in [2.05, 4.69) is 5.32 Å². The number of amides is 1. The highest BCUT2D eigenvalue weighted by atomic mass is 32.2. The lowest BCUT2D eigenvalue weighted by Crippen LogP contribution is -2.43. The van der Waals surface area contributed by atoms with Crippen molar-refractivity contribution in [2.24, 2.45) is 11.8 Å². The Morgan fingerprint density at radius 2 is 1.83 bits per heavy atom. The van der Waals surface area contributed by atoms with E-state index in [9.17, 15) is 18.0 Å². The predicted molar refractivity (Wildman–Crippen MR) is 110 cm³/mol. The molecular formula is C20H29N3O5S. The molecule has 2 atom stereocenters. The van der Waals surface area contributed by atoms with Crippen LogP contribution in [-0.2, 0) is 21.4 Å². The Morgan fingerprint density at radius 1 is 1.21 bits per heavy atom. The van der Waals surface area contributed by atoms with E-state index >= 15 is 0 Å². The highest BCUT2D eigenvalue weighted by Crippen LogP contribution is 2.28. The van der Waals surface area contributed by atoms with Crippen LogP contribution in [0.1, 0.15) is 41.0 Å². The van der Waals surface area contributed by atoms with E-state index in [1.165, 1.54) is 27.1 Å². The standard InChI is InChI=1S/C20H29N3O5S/c1-13-8-14(2)11-22(10-13)29(26,27)15-6-7-16-17(9-15)28-19(25)23(16)12-18(24)21-20(3,4)5/h6-7,9,13-14H,8,10-12H2,1-5H3,(H,21,24)/t13-,14+. The molecule has 1 aromatic carbocycles. The lowest BCUT2D eigenvalue weighted by atomic mass is 9.94. The molecule has 1 N–H and O–H groups in total. The van der Waals surface area contributed by atoms with E-state index in [1.54, 1.807) is 0 Å². The summed E-state index contributed by atoms with van der Waals surface area (Å²) in [5, 5.41) is 2.79. The SMILES string of the molecule is C[C@@H]1C[C@H](C)CN(S(=O)(=O)c2ccc3c(c2)oc(=O)n3CC(=O)NC(C)(C)C)C1. The zero-order valence-corrected chi connectivity index (χ0v) is 18.4. The van der Waals surface area contributed by atoms with Crippen LogP contribution in [0.3, 0.4) is 0 Å². The first-order valence-electron chi connectivity index (χ1n) is 9.81. The van der Waals surface area contributed by atoms with Crippen molar-refractivity contribution in [1.82, 2.24) is 14.2 Å². The number of carbonyl (C=O) groups excluding carboxylic acids is 1. The van der Waals surface area contributed by atoms with Gasteiger partial charge in [-0.05, 0) is 51.2 Å². The van der Waals surface area contributed by atoms with Gasteiger partial charge in [-0.1, -0.05) is 13.8 Å². The first kappa shape index (κ1) is 21.6. The third kappa shape index (κ3) is 4.72. The number of nitrogens with zero attached hydrogens (tertiary/aromatic N) is 2. The lowest BCUT2D eigenvalue weighted by molar-refractivity contribution is -0.123. The summed E-state index contributed by atoms with van der Waals surface area (Å²) in [4.78, 5) is 24.5. The maximum Gasteiger partial charge on any atom is 0.420 e. The Bertz CT molecular complexity index is 1070. The highest BCUT2D eigenvalue weighted by molar-refractivity contribution is 7.89. The Labute approximate surface area is 170 Å². The number of hydrogen-bond acceptors (Lipinski definition) is 5. The van der Waals surface area contributed by atoms with Gasteiger partial charge in [0.15, 0.2) is 5.58 Å².